The lowest BCUT2D eigenvalue weighted by Crippen LogP contribution is -2.46. The molecule has 1 aliphatic carbocycles. The van der Waals surface area contributed by atoms with Crippen molar-refractivity contribution in [1.82, 2.24) is 21.7 Å². The third kappa shape index (κ3) is 9.80. The van der Waals surface area contributed by atoms with Gasteiger partial charge in [0, 0.05) is 68.0 Å². The number of amides is 1. The second kappa shape index (κ2) is 20.0. The van der Waals surface area contributed by atoms with Gasteiger partial charge in [-0.05, 0) is 38.1 Å². The van der Waals surface area contributed by atoms with Gasteiger partial charge in [-0.3, -0.25) is 40.3 Å². The Morgan fingerprint density at radius 2 is 1.61 bits per heavy atom. The third-order valence-corrected chi connectivity index (χ3v) is 12.0. The predicted molar refractivity (Wildman–Crippen MR) is 239 cm³/mol. The molecule has 4 heterocycles. The number of Topliss-reactive ketones (excluding diaryl/α,β-unsaturated/α-hetero) is 3. The van der Waals surface area contributed by atoms with Crippen molar-refractivity contribution in [3.63, 3.8) is 0 Å². The van der Waals surface area contributed by atoms with Crippen molar-refractivity contribution >= 4 is 34.9 Å². The molecule has 2 aromatic rings. The number of aliphatic hydroxyl groups is 2. The lowest BCUT2D eigenvalue weighted by molar-refractivity contribution is -0.160. The number of hydrazine groups is 2. The molecule has 0 spiro atoms. The highest BCUT2D eigenvalue weighted by Crippen LogP contribution is 2.48. The molecular weight excluding hydrogens is 855 g/mol. The van der Waals surface area contributed by atoms with Crippen molar-refractivity contribution in [1.29, 1.82) is 0 Å². The van der Waals surface area contributed by atoms with Crippen LogP contribution in [0.3, 0.4) is 0 Å². The number of nitrogens with one attached hydrogen (secondary N) is 4. The van der Waals surface area contributed by atoms with Gasteiger partial charge >= 0.3 is 11.8 Å². The number of benzene rings is 2. The summed E-state index contributed by atoms with van der Waals surface area (Å²) in [4.78, 5) is 73.9. The smallest absolute Gasteiger partial charge is 0.312 e. The van der Waals surface area contributed by atoms with E-state index in [-0.39, 0.29) is 22.4 Å². The summed E-state index contributed by atoms with van der Waals surface area (Å²) in [6, 6.07) is 9.04. The van der Waals surface area contributed by atoms with E-state index in [1.54, 1.807) is 58.1 Å². The quantitative estimate of drug-likeness (QED) is 0.115. The number of para-hydroxylation sites is 1. The maximum atomic E-state index is 14.7. The Labute approximate surface area is 381 Å². The number of allylic oxidation sites excluding steroid dienone is 5. The molecule has 0 radical (unpaired) electrons. The molecule has 5 bridgehead atoms. The SMILES string of the molecule is COC1/C=C/OC2(C)Oc3c(C)c(O)c4c(c3C2=O)C(=O)/C(=C/NNC2=CC=C(Oc3ccccc3)NN2)C(=NC(=O)/C(C)=C/C=C/C(C)C(O)C(C)C(O)C(C)C(OC(C)=O)C1C)C4=O. The minimum atomic E-state index is -2.14. The summed E-state index contributed by atoms with van der Waals surface area (Å²) in [7, 11) is 1.41. The van der Waals surface area contributed by atoms with Gasteiger partial charge in [-0.15, -0.1) is 0 Å². The zero-order chi connectivity index (χ0) is 48.2. The molecule has 9 unspecified atom stereocenters. The van der Waals surface area contributed by atoms with Crippen LogP contribution in [0.25, 0.3) is 0 Å². The number of aromatic hydroxyl groups is 1. The van der Waals surface area contributed by atoms with E-state index in [0.29, 0.717) is 17.5 Å². The number of ether oxygens (including phenoxy) is 5. The van der Waals surface area contributed by atoms with Crippen LogP contribution in [-0.2, 0) is 23.8 Å². The van der Waals surface area contributed by atoms with Crippen LogP contribution >= 0.6 is 0 Å². The number of carbonyl (C=O) groups is 5. The highest BCUT2D eigenvalue weighted by Gasteiger charge is 2.53. The van der Waals surface area contributed by atoms with E-state index in [9.17, 15) is 39.3 Å². The van der Waals surface area contributed by atoms with E-state index < -0.39 is 111 Å². The van der Waals surface area contributed by atoms with Crippen LogP contribution in [-0.4, -0.2) is 87.6 Å². The normalized spacial score (nSPS) is 30.5. The minimum Gasteiger partial charge on any atom is -0.507 e. The lowest BCUT2D eigenvalue weighted by Gasteiger charge is -2.38. The Kier molecular flexibility index (Phi) is 14.7. The molecule has 0 fully saturated rings. The molecule has 0 saturated carbocycles. The second-order valence-corrected chi connectivity index (χ2v) is 16.7. The summed E-state index contributed by atoms with van der Waals surface area (Å²) in [5.41, 5.74) is 8.81. The summed E-state index contributed by atoms with van der Waals surface area (Å²) < 4.78 is 29.3. The standard InChI is InChI=1S/C48H55N5O13/c1-23-14-13-15-24(2)47(61)50-38-31(22-49-51-33-18-19-34(53-52-33)65-30-16-11-10-12-17-30)42(58)35-36(43(38)59)41(57)28(6)45-37(35)46(60)48(8,66-45)63-21-20-32(62-9)25(3)44(64-29(7)54)27(5)40(56)26(4)39(23)55/h10-23,25-27,32,39-40,44,49,51-53,55-57H,1-9H3/b14-13+,21-20+,24-15+,31-22+,50-38?. The summed E-state index contributed by atoms with van der Waals surface area (Å²) in [5.74, 6) is -8.78. The molecule has 5 aliphatic rings. The van der Waals surface area contributed by atoms with Gasteiger partial charge in [-0.2, -0.15) is 0 Å². The number of ketones is 3. The van der Waals surface area contributed by atoms with E-state index in [0.717, 1.165) is 12.5 Å². The van der Waals surface area contributed by atoms with Gasteiger partial charge in [-0.25, -0.2) is 4.99 Å². The second-order valence-electron chi connectivity index (χ2n) is 16.7. The fraction of sp³-hybridized carbons (Fsp3) is 0.375. The van der Waals surface area contributed by atoms with Gasteiger partial charge in [0.25, 0.3) is 11.7 Å². The number of carbonyl (C=O) groups excluding carboxylic acids is 5. The fourth-order valence-electron chi connectivity index (χ4n) is 8.10. The van der Waals surface area contributed by atoms with E-state index in [4.69, 9.17) is 23.7 Å². The van der Waals surface area contributed by atoms with E-state index >= 15 is 0 Å². The van der Waals surface area contributed by atoms with E-state index in [1.165, 1.54) is 53.0 Å². The molecular formula is C48H55N5O13. The number of methoxy groups -OCH3 is 1. The number of nitrogens with zero attached hydrogens (tertiary/aromatic N) is 1. The molecule has 2 aromatic carbocycles. The maximum absolute atomic E-state index is 14.7. The van der Waals surface area contributed by atoms with Crippen molar-refractivity contribution in [2.75, 3.05) is 7.11 Å². The first-order chi connectivity index (χ1) is 31.3. The third-order valence-electron chi connectivity index (χ3n) is 12.0. The zero-order valence-corrected chi connectivity index (χ0v) is 38.0. The molecule has 66 heavy (non-hydrogen) atoms. The Morgan fingerprint density at radius 3 is 2.26 bits per heavy atom. The minimum absolute atomic E-state index is 0.0286. The van der Waals surface area contributed by atoms with Crippen LogP contribution in [0.15, 0.2) is 107 Å². The van der Waals surface area contributed by atoms with Gasteiger partial charge < -0.3 is 44.4 Å². The van der Waals surface area contributed by atoms with E-state index in [1.807, 2.05) is 18.2 Å². The van der Waals surface area contributed by atoms with Crippen LogP contribution in [0.1, 0.15) is 85.1 Å². The Bertz CT molecular complexity index is 2510. The van der Waals surface area contributed by atoms with Gasteiger partial charge in [0.15, 0.2) is 5.78 Å². The largest absolute Gasteiger partial charge is 0.507 e. The molecule has 7 N–H and O–H groups in total. The van der Waals surface area contributed by atoms with Gasteiger partial charge in [0.1, 0.15) is 34.9 Å². The van der Waals surface area contributed by atoms with Crippen molar-refractivity contribution in [2.24, 2.45) is 28.7 Å². The number of esters is 1. The van der Waals surface area contributed by atoms with Crippen LogP contribution in [0.4, 0.5) is 0 Å². The molecule has 7 rings (SSSR count). The van der Waals surface area contributed by atoms with Gasteiger partial charge in [-0.1, -0.05) is 64.1 Å². The molecule has 0 saturated heterocycles. The first-order valence-corrected chi connectivity index (χ1v) is 21.3. The molecule has 18 heteroatoms. The number of fused-ring (bicyclic) bond motifs is 14. The summed E-state index contributed by atoms with van der Waals surface area (Å²) >= 11 is 0. The molecule has 350 valence electrons. The Balaban J connectivity index is 1.43. The summed E-state index contributed by atoms with van der Waals surface area (Å²) in [6.45, 7) is 12.2. The molecule has 0 aromatic heterocycles. The Hall–Kier alpha value is -7.02. The maximum Gasteiger partial charge on any atom is 0.312 e. The van der Waals surface area contributed by atoms with Crippen LogP contribution in [0, 0.1) is 30.6 Å². The average molecular weight is 910 g/mol. The van der Waals surface area contributed by atoms with Crippen LogP contribution < -0.4 is 31.2 Å². The first kappa shape index (κ1) is 48.4. The van der Waals surface area contributed by atoms with Gasteiger partial charge in [0.2, 0.25) is 11.7 Å². The van der Waals surface area contributed by atoms with Crippen LogP contribution in [0.2, 0.25) is 0 Å². The number of hydrogen-bond donors (Lipinski definition) is 7. The molecule has 4 aliphatic heterocycles. The number of rotatable bonds is 7. The number of phenolic OH excluding ortho intramolecular Hbond substituents is 1. The number of hydrogen-bond acceptors (Lipinski definition) is 17. The molecule has 18 nitrogen and oxygen atoms in total. The predicted octanol–water partition coefficient (Wildman–Crippen LogP) is 4.45. The lowest BCUT2D eigenvalue weighted by atomic mass is 9.78. The highest BCUT2D eigenvalue weighted by molar-refractivity contribution is 6.63. The van der Waals surface area contributed by atoms with E-state index in [2.05, 4.69) is 26.7 Å². The Morgan fingerprint density at radius 1 is 0.894 bits per heavy atom. The average Bonchev–Trinajstić information content (AvgIpc) is 3.56. The zero-order valence-electron chi connectivity index (χ0n) is 38.0. The van der Waals surface area contributed by atoms with Crippen molar-refractivity contribution in [3.8, 4) is 17.2 Å². The van der Waals surface area contributed by atoms with Crippen LogP contribution in [0.5, 0.6) is 17.2 Å². The topological polar surface area (TPSA) is 253 Å². The first-order valence-electron chi connectivity index (χ1n) is 21.3. The number of phenols is 1. The van der Waals surface area contributed by atoms with Crippen molar-refractivity contribution < 1.29 is 63.0 Å². The number of aliphatic hydroxyl groups excluding tert-OH is 2. The molecule has 9 atom stereocenters. The summed E-state index contributed by atoms with van der Waals surface area (Å²) in [6.07, 6.45) is 7.41. The number of aliphatic imine (C=N–C) groups is 1. The van der Waals surface area contributed by atoms with Gasteiger partial charge in [0.05, 0.1) is 46.8 Å². The monoisotopic (exact) mass is 909 g/mol. The van der Waals surface area contributed by atoms with Crippen molar-refractivity contribution in [3.05, 3.63) is 124 Å². The molecule has 1 amide bonds. The van der Waals surface area contributed by atoms with Crippen molar-refractivity contribution in [2.45, 2.75) is 85.6 Å². The fourth-order valence-corrected chi connectivity index (χ4v) is 8.10. The highest BCUT2D eigenvalue weighted by atomic mass is 16.7. The summed E-state index contributed by atoms with van der Waals surface area (Å²) in [5, 5.41) is 34.5.